The number of benzene rings is 8. The van der Waals surface area contributed by atoms with Gasteiger partial charge in [0.1, 0.15) is 34.5 Å². The molecular weight excluding hydrogens is 801 g/mol. The van der Waals surface area contributed by atoms with Gasteiger partial charge in [-0.2, -0.15) is 0 Å². The van der Waals surface area contributed by atoms with Gasteiger partial charge < -0.3 is 28.3 Å². The molecule has 2 heterocycles. The molecule has 0 radical (unpaired) electrons. The van der Waals surface area contributed by atoms with Crippen molar-refractivity contribution in [3.05, 3.63) is 131 Å². The number of rotatable bonds is 10. The van der Waals surface area contributed by atoms with Gasteiger partial charge in [0.2, 0.25) is 0 Å². The van der Waals surface area contributed by atoms with Crippen LogP contribution < -0.4 is 29.3 Å². The van der Waals surface area contributed by atoms with E-state index in [0.29, 0.717) is 62.1 Å². The lowest BCUT2D eigenvalue weighted by Gasteiger charge is -2.33. The second-order valence-corrected chi connectivity index (χ2v) is 18.5. The molecule has 2 aliphatic rings. The van der Waals surface area contributed by atoms with Gasteiger partial charge in [0.15, 0.2) is 0 Å². The second-order valence-electron chi connectivity index (χ2n) is 18.5. The van der Waals surface area contributed by atoms with Gasteiger partial charge in [-0.15, -0.1) is 0 Å². The molecule has 2 aliphatic heterocycles. The van der Waals surface area contributed by atoms with Gasteiger partial charge >= 0.3 is 7.12 Å². The molecule has 10 heteroatoms. The summed E-state index contributed by atoms with van der Waals surface area (Å²) in [7, 11) is 2.60. The highest BCUT2D eigenvalue weighted by Crippen LogP contribution is 2.53. The molecule has 9 nitrogen and oxygen atoms in total. The predicted molar refractivity (Wildman–Crippen MR) is 255 cm³/mol. The minimum Gasteiger partial charge on any atom is -0.497 e. The highest BCUT2D eigenvalue weighted by atomic mass is 16.7. The van der Waals surface area contributed by atoms with E-state index in [-0.39, 0.29) is 11.8 Å². The Hall–Kier alpha value is -6.62. The number of hydrogen-bond acceptors (Lipinski definition) is 8. The van der Waals surface area contributed by atoms with E-state index < -0.39 is 30.1 Å². The number of carbonyl (C=O) groups is 2. The Balaban J connectivity index is 1.34. The Morgan fingerprint density at radius 3 is 1.42 bits per heavy atom. The summed E-state index contributed by atoms with van der Waals surface area (Å²) in [6.07, 6.45) is 0. The monoisotopic (exact) mass is 851 g/mol. The first-order chi connectivity index (χ1) is 30.6. The van der Waals surface area contributed by atoms with E-state index in [0.717, 1.165) is 48.9 Å². The number of ether oxygens (including phenoxy) is 4. The molecule has 10 rings (SSSR count). The molecular formula is C54H50BNO8. The van der Waals surface area contributed by atoms with Crippen LogP contribution in [0.15, 0.2) is 109 Å². The predicted octanol–water partition coefficient (Wildman–Crippen LogP) is 12.7. The number of amides is 2. The Labute approximate surface area is 373 Å². The van der Waals surface area contributed by atoms with Crippen molar-refractivity contribution in [2.24, 2.45) is 0 Å². The van der Waals surface area contributed by atoms with Crippen molar-refractivity contribution in [2.75, 3.05) is 19.1 Å². The van der Waals surface area contributed by atoms with Crippen LogP contribution in [0.2, 0.25) is 0 Å². The summed E-state index contributed by atoms with van der Waals surface area (Å²) in [5, 5.41) is 6.31. The number of fused-ring (bicyclic) bond motifs is 2. The molecule has 64 heavy (non-hydrogen) atoms. The van der Waals surface area contributed by atoms with Crippen LogP contribution in [0.1, 0.15) is 99.1 Å². The van der Waals surface area contributed by atoms with Gasteiger partial charge in [0.25, 0.3) is 11.8 Å². The lowest BCUT2D eigenvalue weighted by atomic mass is 9.74. The van der Waals surface area contributed by atoms with Crippen molar-refractivity contribution >= 4 is 73.2 Å². The van der Waals surface area contributed by atoms with Gasteiger partial charge in [-0.25, -0.2) is 4.90 Å². The third-order valence-corrected chi connectivity index (χ3v) is 13.5. The normalized spacial score (nSPS) is 15.8. The fraction of sp³-hybridized carbons (Fsp3) is 0.259. The molecule has 0 saturated carbocycles. The summed E-state index contributed by atoms with van der Waals surface area (Å²) in [6.45, 7) is 16.5. The van der Waals surface area contributed by atoms with E-state index in [9.17, 15) is 0 Å². The first-order valence-corrected chi connectivity index (χ1v) is 21.9. The third-order valence-electron chi connectivity index (χ3n) is 13.5. The summed E-state index contributed by atoms with van der Waals surface area (Å²) in [6, 6.07) is 34.7. The van der Waals surface area contributed by atoms with Gasteiger partial charge in [0.05, 0.1) is 42.2 Å². The SMILES string of the molecule is COc1ccc(Oc2cc3c4c(cc(Oc5ccc(OC)cc5)c5c6ccc(B7OC(C)(C)C(C)(C)O7)c7cccc(c2c45)c76)C(=O)N(c2c(C(C)C)cccc2C(C)C)C3=O)cc1. The van der Waals surface area contributed by atoms with Gasteiger partial charge in [-0.05, 0) is 138 Å². The summed E-state index contributed by atoms with van der Waals surface area (Å²) >= 11 is 0. The van der Waals surface area contributed by atoms with E-state index in [1.165, 1.54) is 4.90 Å². The Morgan fingerprint density at radius 1 is 0.516 bits per heavy atom. The number of hydrogen-bond donors (Lipinski definition) is 0. The number of methoxy groups -OCH3 is 2. The Morgan fingerprint density at radius 2 is 0.953 bits per heavy atom. The maximum atomic E-state index is 15.5. The molecule has 0 spiro atoms. The maximum absolute atomic E-state index is 15.5. The van der Waals surface area contributed by atoms with Crippen molar-refractivity contribution in [3.8, 4) is 34.5 Å². The van der Waals surface area contributed by atoms with Gasteiger partial charge in [0, 0.05) is 21.5 Å². The zero-order chi connectivity index (χ0) is 45.0. The highest BCUT2D eigenvalue weighted by Gasteiger charge is 2.52. The number of anilines is 1. The fourth-order valence-electron chi connectivity index (χ4n) is 9.49. The van der Waals surface area contributed by atoms with Crippen LogP contribution in [0, 0.1) is 0 Å². The number of carbonyl (C=O) groups excluding carboxylic acids is 2. The number of nitrogens with zero attached hydrogens (tertiary/aromatic N) is 1. The molecule has 8 aromatic rings. The summed E-state index contributed by atoms with van der Waals surface area (Å²) in [4.78, 5) is 32.4. The van der Waals surface area contributed by atoms with E-state index >= 15 is 9.59 Å². The Kier molecular flexibility index (Phi) is 9.70. The lowest BCUT2D eigenvalue weighted by Crippen LogP contribution is -2.42. The molecule has 8 aromatic carbocycles. The zero-order valence-corrected chi connectivity index (χ0v) is 37.8. The molecule has 0 atom stereocenters. The highest BCUT2D eigenvalue weighted by molar-refractivity contribution is 6.66. The number of imide groups is 1. The number of para-hydroxylation sites is 1. The van der Waals surface area contributed by atoms with Crippen LogP contribution in [0.25, 0.3) is 43.1 Å². The quantitative estimate of drug-likeness (QED) is 0.0581. The standard InChI is InChI=1S/C54H50BNO8/c1-29(2)35-13-11-14-36(30(3)4)50(35)56-51(57)40-27-43(61-33-21-17-31(59-9)18-22-33)47-38-16-12-15-37-42(55-63-53(5,6)54(7,8)64-55)26-25-39(45(37)38)48-44(28-41(52(56)58)46(40)49(47)48)62-34-23-19-32(60-10)20-24-34/h11-30H,1-10H3. The first-order valence-electron chi connectivity index (χ1n) is 21.9. The summed E-state index contributed by atoms with van der Waals surface area (Å²) < 4.78 is 38.2. The van der Waals surface area contributed by atoms with Crippen LogP contribution >= 0.6 is 0 Å². The lowest BCUT2D eigenvalue weighted by molar-refractivity contribution is 0.00578. The topological polar surface area (TPSA) is 92.8 Å². The van der Waals surface area contributed by atoms with Gasteiger partial charge in [-0.1, -0.05) is 76.2 Å². The van der Waals surface area contributed by atoms with Gasteiger partial charge in [-0.3, -0.25) is 9.59 Å². The maximum Gasteiger partial charge on any atom is 0.495 e. The fourth-order valence-corrected chi connectivity index (χ4v) is 9.49. The summed E-state index contributed by atoms with van der Waals surface area (Å²) in [5.41, 5.74) is 2.89. The third kappa shape index (κ3) is 6.29. The zero-order valence-electron chi connectivity index (χ0n) is 37.8. The van der Waals surface area contributed by atoms with Crippen LogP contribution in [-0.4, -0.2) is 44.4 Å². The molecule has 0 unspecified atom stereocenters. The van der Waals surface area contributed by atoms with E-state index in [4.69, 9.17) is 28.3 Å². The van der Waals surface area contributed by atoms with Crippen molar-refractivity contribution in [3.63, 3.8) is 0 Å². The molecule has 0 aliphatic carbocycles. The second kappa shape index (κ2) is 15.0. The van der Waals surface area contributed by atoms with Crippen molar-refractivity contribution in [1.29, 1.82) is 0 Å². The van der Waals surface area contributed by atoms with E-state index in [2.05, 4.69) is 79.7 Å². The molecule has 0 bridgehead atoms. The minimum absolute atomic E-state index is 0.0213. The minimum atomic E-state index is -0.637. The first kappa shape index (κ1) is 41.4. The average Bonchev–Trinajstić information content (AvgIpc) is 3.50. The molecule has 322 valence electrons. The van der Waals surface area contributed by atoms with Crippen LogP contribution in [-0.2, 0) is 9.31 Å². The summed E-state index contributed by atoms with van der Waals surface area (Å²) in [5.74, 6) is 2.54. The van der Waals surface area contributed by atoms with Crippen molar-refractivity contribution < 1.29 is 37.8 Å². The van der Waals surface area contributed by atoms with Crippen LogP contribution in [0.4, 0.5) is 5.69 Å². The van der Waals surface area contributed by atoms with Crippen LogP contribution in [0.3, 0.4) is 0 Å². The molecule has 1 saturated heterocycles. The molecule has 0 aromatic heterocycles. The van der Waals surface area contributed by atoms with Crippen molar-refractivity contribution in [1.82, 2.24) is 0 Å². The molecule has 1 fully saturated rings. The Bertz CT molecular complexity index is 3020. The van der Waals surface area contributed by atoms with Crippen LogP contribution in [0.5, 0.6) is 34.5 Å². The average molecular weight is 852 g/mol. The molecule has 0 N–H and O–H groups in total. The smallest absolute Gasteiger partial charge is 0.495 e. The largest absolute Gasteiger partial charge is 0.497 e. The van der Waals surface area contributed by atoms with E-state index in [1.54, 1.807) is 14.2 Å². The van der Waals surface area contributed by atoms with Crippen molar-refractivity contribution in [2.45, 2.75) is 78.4 Å². The van der Waals surface area contributed by atoms with E-state index in [1.807, 2.05) is 84.9 Å². The molecule has 2 amide bonds.